The highest BCUT2D eigenvalue weighted by Gasteiger charge is 2.00. The fraction of sp³-hybridized carbons (Fsp3) is 0. The molecule has 0 atom stereocenters. The highest BCUT2D eigenvalue weighted by Crippen LogP contribution is 1.98. The number of carboxylic acid groups (broad SMARTS) is 1. The van der Waals surface area contributed by atoms with Crippen molar-refractivity contribution in [3.63, 3.8) is 0 Å². The zero-order valence-corrected chi connectivity index (χ0v) is 6.48. The smallest absolute Gasteiger partial charge is 0.337 e. The zero-order valence-electron chi connectivity index (χ0n) is 6.48. The van der Waals surface area contributed by atoms with E-state index in [-0.39, 0.29) is 5.56 Å². The van der Waals surface area contributed by atoms with E-state index in [1.165, 1.54) is 18.3 Å². The van der Waals surface area contributed by atoms with Crippen LogP contribution in [0.1, 0.15) is 16.1 Å². The molecule has 1 heterocycles. The maximum atomic E-state index is 10.4. The molecule has 0 fully saturated rings. The predicted octanol–water partition coefficient (Wildman–Crippen LogP) is 0.655. The summed E-state index contributed by atoms with van der Waals surface area (Å²) < 4.78 is 0. The van der Waals surface area contributed by atoms with E-state index in [2.05, 4.69) is 16.8 Å². The lowest BCUT2D eigenvalue weighted by Gasteiger charge is -1.91. The van der Waals surface area contributed by atoms with Gasteiger partial charge in [-0.15, -0.1) is 0 Å². The molecular weight excluding hydrogens is 168 g/mol. The number of rotatable bonds is 1. The third-order valence-corrected chi connectivity index (χ3v) is 1.26. The van der Waals surface area contributed by atoms with E-state index in [1.54, 1.807) is 6.07 Å². The van der Waals surface area contributed by atoms with Gasteiger partial charge in [-0.1, -0.05) is 0 Å². The highest BCUT2D eigenvalue weighted by atomic mass is 16.4. The van der Waals surface area contributed by atoms with E-state index in [1.807, 2.05) is 0 Å². The van der Waals surface area contributed by atoms with Crippen molar-refractivity contribution in [2.45, 2.75) is 0 Å². The van der Waals surface area contributed by atoms with E-state index in [0.29, 0.717) is 5.69 Å². The molecule has 0 bridgehead atoms. The molecule has 0 aromatic carbocycles. The summed E-state index contributed by atoms with van der Waals surface area (Å²) in [5.41, 5.74) is 0.481. The molecule has 0 spiro atoms. The molecule has 0 amide bonds. The Morgan fingerprint density at radius 3 is 2.77 bits per heavy atom. The lowest BCUT2D eigenvalue weighted by Crippen LogP contribution is -1.96. The summed E-state index contributed by atoms with van der Waals surface area (Å²) in [6.07, 6.45) is 1.20. The molecule has 0 saturated carbocycles. The molecule has 4 heteroatoms. The molecule has 13 heavy (non-hydrogen) atoms. The van der Waals surface area contributed by atoms with Crippen molar-refractivity contribution in [3.8, 4) is 17.9 Å². The number of pyridine rings is 1. The largest absolute Gasteiger partial charge is 0.478 e. The van der Waals surface area contributed by atoms with E-state index in [9.17, 15) is 4.79 Å². The number of aromatic nitrogens is 1. The lowest BCUT2D eigenvalue weighted by molar-refractivity contribution is 0.0696. The van der Waals surface area contributed by atoms with Crippen LogP contribution >= 0.6 is 0 Å². The van der Waals surface area contributed by atoms with Crippen LogP contribution in [0.25, 0.3) is 0 Å². The predicted molar refractivity (Wildman–Crippen MR) is 43.7 cm³/mol. The fourth-order valence-electron chi connectivity index (χ4n) is 0.686. The minimum Gasteiger partial charge on any atom is -0.478 e. The van der Waals surface area contributed by atoms with Crippen LogP contribution in [-0.4, -0.2) is 16.1 Å². The molecule has 0 unspecified atom stereocenters. The molecule has 62 valence electrons. The quantitative estimate of drug-likeness (QED) is 0.631. The third-order valence-electron chi connectivity index (χ3n) is 1.26. The second-order valence-corrected chi connectivity index (χ2v) is 2.10. The standard InChI is InChI=1S/C9H4N2O2/c10-5-1-2-8-4-3-7(6-11-8)9(12)13/h3-4,6H,(H,12,13). The first-order valence-corrected chi connectivity index (χ1v) is 3.33. The first kappa shape index (κ1) is 8.76. The van der Waals surface area contributed by atoms with Gasteiger partial charge in [0.15, 0.2) is 6.07 Å². The summed E-state index contributed by atoms with van der Waals surface area (Å²) >= 11 is 0. The summed E-state index contributed by atoms with van der Waals surface area (Å²) in [6.45, 7) is 0. The van der Waals surface area contributed by atoms with Crippen molar-refractivity contribution in [2.75, 3.05) is 0 Å². The Bertz CT molecular complexity index is 418. The maximum Gasteiger partial charge on any atom is 0.337 e. The Kier molecular flexibility index (Phi) is 2.62. The van der Waals surface area contributed by atoms with E-state index in [4.69, 9.17) is 10.4 Å². The number of carbonyl (C=O) groups is 1. The van der Waals surface area contributed by atoms with Gasteiger partial charge in [0.25, 0.3) is 0 Å². The van der Waals surface area contributed by atoms with Crippen molar-refractivity contribution in [1.82, 2.24) is 4.98 Å². The molecular formula is C9H4N2O2. The van der Waals surface area contributed by atoms with Gasteiger partial charge in [-0.25, -0.2) is 9.78 Å². The summed E-state index contributed by atoms with van der Waals surface area (Å²) in [7, 11) is 0. The van der Waals surface area contributed by atoms with Gasteiger partial charge in [-0.2, -0.15) is 5.26 Å². The van der Waals surface area contributed by atoms with Crippen LogP contribution in [-0.2, 0) is 0 Å². The van der Waals surface area contributed by atoms with Crippen molar-refractivity contribution >= 4 is 5.97 Å². The monoisotopic (exact) mass is 172 g/mol. The van der Waals surface area contributed by atoms with Crippen LogP contribution in [0.15, 0.2) is 18.3 Å². The van der Waals surface area contributed by atoms with E-state index < -0.39 is 5.97 Å². The van der Waals surface area contributed by atoms with Crippen molar-refractivity contribution in [3.05, 3.63) is 29.6 Å². The minimum atomic E-state index is -1.03. The first-order chi connectivity index (χ1) is 6.24. The van der Waals surface area contributed by atoms with Crippen LogP contribution in [0.5, 0.6) is 0 Å². The van der Waals surface area contributed by atoms with Crippen molar-refractivity contribution in [2.24, 2.45) is 0 Å². The molecule has 1 aromatic rings. The molecule has 1 rings (SSSR count). The van der Waals surface area contributed by atoms with E-state index >= 15 is 0 Å². The van der Waals surface area contributed by atoms with Gasteiger partial charge in [-0.3, -0.25) is 0 Å². The summed E-state index contributed by atoms with van der Waals surface area (Å²) in [4.78, 5) is 14.1. The number of hydrogen-bond donors (Lipinski definition) is 1. The van der Waals surface area contributed by atoms with Gasteiger partial charge < -0.3 is 5.11 Å². The number of carboxylic acids is 1. The molecule has 0 aliphatic heterocycles. The Balaban J connectivity index is 2.95. The second-order valence-electron chi connectivity index (χ2n) is 2.10. The van der Waals surface area contributed by atoms with Crippen LogP contribution < -0.4 is 0 Å². The fourth-order valence-corrected chi connectivity index (χ4v) is 0.686. The van der Waals surface area contributed by atoms with Gasteiger partial charge >= 0.3 is 5.97 Å². The number of aromatic carboxylic acids is 1. The molecule has 4 nitrogen and oxygen atoms in total. The van der Waals surface area contributed by atoms with Crippen LogP contribution in [0, 0.1) is 23.2 Å². The van der Waals surface area contributed by atoms with Gasteiger partial charge in [0.05, 0.1) is 5.56 Å². The second kappa shape index (κ2) is 3.89. The van der Waals surface area contributed by atoms with Gasteiger partial charge in [-0.05, 0) is 18.1 Å². The molecule has 1 aromatic heterocycles. The minimum absolute atomic E-state index is 0.0995. The average Bonchev–Trinajstić information content (AvgIpc) is 2.15. The van der Waals surface area contributed by atoms with Crippen molar-refractivity contribution in [1.29, 1.82) is 5.26 Å². The SMILES string of the molecule is N#CC#Cc1ccc(C(=O)O)cn1. The first-order valence-electron chi connectivity index (χ1n) is 3.33. The number of hydrogen-bond acceptors (Lipinski definition) is 3. The van der Waals surface area contributed by atoms with Crippen LogP contribution in [0.2, 0.25) is 0 Å². The van der Waals surface area contributed by atoms with Crippen LogP contribution in [0.3, 0.4) is 0 Å². The highest BCUT2D eigenvalue weighted by molar-refractivity contribution is 5.87. The molecule has 0 radical (unpaired) electrons. The molecule has 0 aliphatic carbocycles. The summed E-state index contributed by atoms with van der Waals surface area (Å²) in [5.74, 6) is 3.57. The zero-order chi connectivity index (χ0) is 9.68. The topological polar surface area (TPSA) is 74.0 Å². The van der Waals surface area contributed by atoms with Crippen molar-refractivity contribution < 1.29 is 9.90 Å². The Morgan fingerprint density at radius 2 is 2.31 bits per heavy atom. The maximum absolute atomic E-state index is 10.4. The molecule has 0 aliphatic rings. The van der Waals surface area contributed by atoms with Gasteiger partial charge in [0.1, 0.15) is 5.69 Å². The Morgan fingerprint density at radius 1 is 1.54 bits per heavy atom. The summed E-state index contributed by atoms with van der Waals surface area (Å²) in [5, 5.41) is 16.6. The molecule has 1 N–H and O–H groups in total. The third kappa shape index (κ3) is 2.32. The number of nitrogens with zero attached hydrogens (tertiary/aromatic N) is 2. The van der Waals surface area contributed by atoms with E-state index in [0.717, 1.165) is 0 Å². The van der Waals surface area contributed by atoms with Crippen LogP contribution in [0.4, 0.5) is 0 Å². The Labute approximate surface area is 74.5 Å². The Hall–Kier alpha value is -2.33. The summed E-state index contributed by atoms with van der Waals surface area (Å²) in [6, 6.07) is 4.47. The number of nitriles is 1. The van der Waals surface area contributed by atoms with Gasteiger partial charge in [0.2, 0.25) is 0 Å². The molecule has 0 saturated heterocycles. The van der Waals surface area contributed by atoms with Gasteiger partial charge in [0, 0.05) is 12.1 Å². The normalized spacial score (nSPS) is 7.92. The lowest BCUT2D eigenvalue weighted by atomic mass is 10.2. The average molecular weight is 172 g/mol.